The maximum absolute atomic E-state index is 12.7. The molecule has 1 heterocycles. The fraction of sp³-hybridized carbons (Fsp3) is 0.394. The van der Waals surface area contributed by atoms with Gasteiger partial charge in [-0.2, -0.15) is 4.21 Å². The van der Waals surface area contributed by atoms with Crippen LogP contribution in [-0.2, 0) is 16.1 Å². The standard InChI is InChI=1S/C33H39Cl3N4O4S/c1-2-3-4-5-6-7-8-9-10-11-19-43-27-15-17-28(18-16-27)44-45(42)39-26-14-12-13-25(22-26)37-31-23-32(41)40(38-31)33-29(35)20-24(34)21-30(33)36/h12-18,20-22,39H,2-11,19,23H2,1H3,(H,37,38). The molecule has 8 nitrogen and oxygen atoms in total. The van der Waals surface area contributed by atoms with Crippen molar-refractivity contribution in [1.82, 2.24) is 5.43 Å². The monoisotopic (exact) mass is 692 g/mol. The van der Waals surface area contributed by atoms with Crippen molar-refractivity contribution in [2.75, 3.05) is 16.3 Å². The predicted molar refractivity (Wildman–Crippen MR) is 186 cm³/mol. The number of aliphatic imine (C=N–C) groups is 1. The van der Waals surface area contributed by atoms with Gasteiger partial charge in [0, 0.05) is 5.02 Å². The normalized spacial score (nSPS) is 14.4. The van der Waals surface area contributed by atoms with Gasteiger partial charge in [-0.25, -0.2) is 10.0 Å². The first kappa shape index (κ1) is 34.9. The minimum atomic E-state index is -1.86. The van der Waals surface area contributed by atoms with Crippen molar-refractivity contribution in [2.24, 2.45) is 4.99 Å². The summed E-state index contributed by atoms with van der Waals surface area (Å²) in [6.45, 7) is 2.92. The molecule has 0 aliphatic carbocycles. The highest BCUT2D eigenvalue weighted by molar-refractivity contribution is 7.81. The number of halogens is 3. The van der Waals surface area contributed by atoms with E-state index in [1.165, 1.54) is 74.9 Å². The molecule has 1 unspecified atom stereocenters. The number of hydrogen-bond acceptors (Lipinski definition) is 5. The smallest absolute Gasteiger partial charge is 0.316 e. The van der Waals surface area contributed by atoms with Crippen LogP contribution in [0.2, 0.25) is 15.1 Å². The van der Waals surface area contributed by atoms with E-state index in [2.05, 4.69) is 22.1 Å². The maximum Gasteiger partial charge on any atom is 0.316 e. The number of amides is 1. The summed E-state index contributed by atoms with van der Waals surface area (Å²) in [5, 5.41) is 2.07. The average molecular weight is 694 g/mol. The first-order chi connectivity index (χ1) is 21.8. The Labute approximate surface area is 283 Å². The number of rotatable bonds is 18. The summed E-state index contributed by atoms with van der Waals surface area (Å²) < 4.78 is 26.9. The molecule has 0 saturated carbocycles. The molecule has 2 N–H and O–H groups in total. The summed E-state index contributed by atoms with van der Waals surface area (Å²) in [5.74, 6) is 1.31. The molecule has 1 aliphatic heterocycles. The van der Waals surface area contributed by atoms with Crippen LogP contribution in [0.3, 0.4) is 0 Å². The van der Waals surface area contributed by atoms with E-state index in [4.69, 9.17) is 43.7 Å². The van der Waals surface area contributed by atoms with Gasteiger partial charge in [0.05, 0.1) is 34.4 Å². The van der Waals surface area contributed by atoms with Crippen LogP contribution >= 0.6 is 34.8 Å². The van der Waals surface area contributed by atoms with E-state index < -0.39 is 11.3 Å². The maximum atomic E-state index is 12.7. The van der Waals surface area contributed by atoms with Gasteiger partial charge in [0.25, 0.3) is 5.91 Å². The molecule has 1 saturated heterocycles. The molecule has 0 aromatic heterocycles. The molecular formula is C33H39Cl3N4O4S. The number of unbranched alkanes of at least 4 members (excludes halogenated alkanes) is 9. The summed E-state index contributed by atoms with van der Waals surface area (Å²) in [6.07, 6.45) is 12.8. The number of carbonyl (C=O) groups is 1. The Morgan fingerprint density at radius 1 is 0.867 bits per heavy atom. The van der Waals surface area contributed by atoms with Crippen LogP contribution in [0.15, 0.2) is 65.7 Å². The molecule has 0 bridgehead atoms. The van der Waals surface area contributed by atoms with Gasteiger partial charge in [0.1, 0.15) is 23.0 Å². The molecule has 12 heteroatoms. The van der Waals surface area contributed by atoms with Crippen LogP contribution in [-0.4, -0.2) is 22.6 Å². The molecule has 45 heavy (non-hydrogen) atoms. The summed E-state index contributed by atoms with van der Waals surface area (Å²) in [5.41, 5.74) is 4.30. The van der Waals surface area contributed by atoms with Gasteiger partial charge >= 0.3 is 11.3 Å². The van der Waals surface area contributed by atoms with Gasteiger partial charge in [0.2, 0.25) is 0 Å². The van der Waals surface area contributed by atoms with Crippen molar-refractivity contribution in [3.63, 3.8) is 0 Å². The number of hydrazine groups is 1. The Morgan fingerprint density at radius 3 is 2.16 bits per heavy atom. The lowest BCUT2D eigenvalue weighted by atomic mass is 10.1. The van der Waals surface area contributed by atoms with Gasteiger partial charge in [0.15, 0.2) is 0 Å². The minimum Gasteiger partial charge on any atom is -0.494 e. The van der Waals surface area contributed by atoms with Crippen molar-refractivity contribution in [1.29, 1.82) is 0 Å². The summed E-state index contributed by atoms with van der Waals surface area (Å²) in [6, 6.07) is 17.0. The van der Waals surface area contributed by atoms with Gasteiger partial charge in [-0.1, -0.05) is 106 Å². The second kappa shape index (κ2) is 18.2. The van der Waals surface area contributed by atoms with Crippen molar-refractivity contribution in [3.05, 3.63) is 75.7 Å². The average Bonchev–Trinajstić information content (AvgIpc) is 3.35. The van der Waals surface area contributed by atoms with E-state index in [0.717, 1.165) is 12.2 Å². The topological polar surface area (TPSA) is 92.3 Å². The fourth-order valence-corrected chi connectivity index (χ4v) is 6.45. The van der Waals surface area contributed by atoms with Crippen molar-refractivity contribution < 1.29 is 17.9 Å². The Kier molecular flexibility index (Phi) is 14.1. The summed E-state index contributed by atoms with van der Waals surface area (Å²) >= 11 is 16.7. The summed E-state index contributed by atoms with van der Waals surface area (Å²) in [4.78, 5) is 17.2. The van der Waals surface area contributed by atoms with Crippen LogP contribution in [0.25, 0.3) is 0 Å². The van der Waals surface area contributed by atoms with Crippen LogP contribution in [0.5, 0.6) is 11.5 Å². The zero-order valence-electron chi connectivity index (χ0n) is 25.3. The third kappa shape index (κ3) is 11.4. The van der Waals surface area contributed by atoms with Crippen LogP contribution in [0, 0.1) is 0 Å². The lowest BCUT2D eigenvalue weighted by Gasteiger charge is -2.19. The van der Waals surface area contributed by atoms with Gasteiger partial charge in [-0.05, 0) is 61.0 Å². The Hall–Kier alpha value is -2.98. The molecule has 0 radical (unpaired) electrons. The highest BCUT2D eigenvalue weighted by atomic mass is 35.5. The molecule has 0 spiro atoms. The molecule has 242 valence electrons. The Morgan fingerprint density at radius 2 is 1.49 bits per heavy atom. The van der Waals surface area contributed by atoms with Crippen LogP contribution in [0.1, 0.15) is 77.6 Å². The van der Waals surface area contributed by atoms with E-state index >= 15 is 0 Å². The second-order valence-electron chi connectivity index (χ2n) is 10.8. The highest BCUT2D eigenvalue weighted by Gasteiger charge is 2.30. The minimum absolute atomic E-state index is 0.0148. The Balaban J connectivity index is 1.19. The number of benzene rings is 3. The van der Waals surface area contributed by atoms with E-state index in [1.807, 2.05) is 12.1 Å². The number of ether oxygens (including phenoxy) is 1. The van der Waals surface area contributed by atoms with Gasteiger partial charge in [-0.3, -0.25) is 14.9 Å². The second-order valence-corrected chi connectivity index (χ2v) is 12.9. The zero-order valence-corrected chi connectivity index (χ0v) is 28.4. The molecular weight excluding hydrogens is 655 g/mol. The Bertz CT molecular complexity index is 1450. The van der Waals surface area contributed by atoms with Crippen molar-refractivity contribution >= 4 is 74.9 Å². The number of nitrogens with one attached hydrogen (secondary N) is 2. The van der Waals surface area contributed by atoms with Crippen LogP contribution < -0.4 is 24.1 Å². The van der Waals surface area contributed by atoms with Gasteiger partial charge < -0.3 is 8.92 Å². The van der Waals surface area contributed by atoms with E-state index in [1.54, 1.807) is 36.4 Å². The first-order valence-corrected chi connectivity index (χ1v) is 17.5. The highest BCUT2D eigenvalue weighted by Crippen LogP contribution is 2.37. The van der Waals surface area contributed by atoms with Gasteiger partial charge in [-0.15, -0.1) is 0 Å². The zero-order chi connectivity index (χ0) is 32.0. The third-order valence-corrected chi connectivity index (χ3v) is 8.63. The van der Waals surface area contributed by atoms with Crippen molar-refractivity contribution in [2.45, 2.75) is 77.6 Å². The van der Waals surface area contributed by atoms with E-state index in [9.17, 15) is 9.00 Å². The largest absolute Gasteiger partial charge is 0.494 e. The molecule has 1 fully saturated rings. The number of anilines is 2. The lowest BCUT2D eigenvalue weighted by Crippen LogP contribution is -2.36. The fourth-order valence-electron chi connectivity index (χ4n) is 4.82. The number of carbonyl (C=O) groups excluding carboxylic acids is 1. The molecule has 4 rings (SSSR count). The number of amidine groups is 1. The molecule has 3 aromatic carbocycles. The first-order valence-electron chi connectivity index (χ1n) is 15.3. The molecule has 3 aromatic rings. The SMILES string of the molecule is CCCCCCCCCCCCOc1ccc(OS(=O)Nc2cccc(N=C3CC(=O)N(c4c(Cl)cc(Cl)cc4Cl)N3)c2)cc1. The molecule has 1 amide bonds. The lowest BCUT2D eigenvalue weighted by molar-refractivity contribution is -0.116. The quantitative estimate of drug-likeness (QED) is 0.129. The van der Waals surface area contributed by atoms with Crippen LogP contribution in [0.4, 0.5) is 17.1 Å². The molecule has 1 aliphatic rings. The van der Waals surface area contributed by atoms with Crippen molar-refractivity contribution in [3.8, 4) is 11.5 Å². The predicted octanol–water partition coefficient (Wildman–Crippen LogP) is 9.99. The number of nitrogens with zero attached hydrogens (tertiary/aromatic N) is 2. The molecule has 1 atom stereocenters. The number of hydrogen-bond donors (Lipinski definition) is 2. The third-order valence-electron chi connectivity index (χ3n) is 7.09. The van der Waals surface area contributed by atoms with E-state index in [0.29, 0.717) is 40.3 Å². The van der Waals surface area contributed by atoms with E-state index in [-0.39, 0.29) is 22.4 Å². The summed E-state index contributed by atoms with van der Waals surface area (Å²) in [7, 11) is 0.